The Morgan fingerprint density at radius 2 is 1.75 bits per heavy atom. The molecule has 0 saturated heterocycles. The summed E-state index contributed by atoms with van der Waals surface area (Å²) >= 11 is 17.9. The minimum Gasteiger partial charge on any atom is -0.489 e. The summed E-state index contributed by atoms with van der Waals surface area (Å²) in [5.41, 5.74) is 0. The maximum Gasteiger partial charge on any atom is 0.307 e. The van der Waals surface area contributed by atoms with E-state index in [1.807, 2.05) is 0 Å². The summed E-state index contributed by atoms with van der Waals surface area (Å²) in [5.74, 6) is 0.641. The summed E-state index contributed by atoms with van der Waals surface area (Å²) < 4.78 is 10.1. The molecule has 0 aliphatic heterocycles. The summed E-state index contributed by atoms with van der Waals surface area (Å²) in [7, 11) is 2.97. The van der Waals surface area contributed by atoms with Crippen molar-refractivity contribution in [3.05, 3.63) is 27.2 Å². The van der Waals surface area contributed by atoms with Crippen molar-refractivity contribution in [2.45, 2.75) is 6.42 Å². The molecule has 0 radical (unpaired) electrons. The van der Waals surface area contributed by atoms with Crippen LogP contribution >= 0.6 is 58.8 Å². The number of nitrogens with one attached hydrogen (secondary N) is 2. The van der Waals surface area contributed by atoms with Crippen LogP contribution in [0.2, 0.25) is 15.1 Å². The molecule has 0 aromatic heterocycles. The lowest BCUT2D eigenvalue weighted by Crippen LogP contribution is -2.40. The minimum absolute atomic E-state index is 0. The van der Waals surface area contributed by atoms with Crippen LogP contribution in [0, 0.1) is 0 Å². The Bertz CT molecular complexity index is 550. The van der Waals surface area contributed by atoms with E-state index in [4.69, 9.17) is 39.5 Å². The van der Waals surface area contributed by atoms with Gasteiger partial charge in [0.25, 0.3) is 0 Å². The maximum absolute atomic E-state index is 11.0. The van der Waals surface area contributed by atoms with E-state index in [0.29, 0.717) is 46.5 Å². The van der Waals surface area contributed by atoms with Crippen molar-refractivity contribution >= 4 is 70.7 Å². The average molecular weight is 511 g/mol. The van der Waals surface area contributed by atoms with E-state index in [1.165, 1.54) is 7.11 Å². The average Bonchev–Trinajstić information content (AvgIpc) is 2.51. The quantitative estimate of drug-likeness (QED) is 0.194. The lowest BCUT2D eigenvalue weighted by molar-refractivity contribution is -0.140. The van der Waals surface area contributed by atoms with Gasteiger partial charge in [-0.25, -0.2) is 0 Å². The van der Waals surface area contributed by atoms with Crippen molar-refractivity contribution in [1.82, 2.24) is 10.6 Å². The normalized spacial score (nSPS) is 10.6. The largest absolute Gasteiger partial charge is 0.489 e. The van der Waals surface area contributed by atoms with Crippen molar-refractivity contribution < 1.29 is 14.3 Å². The van der Waals surface area contributed by atoms with E-state index in [2.05, 4.69) is 20.4 Å². The Morgan fingerprint density at radius 3 is 2.29 bits per heavy atom. The van der Waals surface area contributed by atoms with Crippen LogP contribution < -0.4 is 15.4 Å². The smallest absolute Gasteiger partial charge is 0.307 e. The fourth-order valence-electron chi connectivity index (χ4n) is 1.60. The van der Waals surface area contributed by atoms with Gasteiger partial charge in [0.2, 0.25) is 0 Å². The summed E-state index contributed by atoms with van der Waals surface area (Å²) in [5, 5.41) is 7.15. The number of nitrogens with zero attached hydrogens (tertiary/aromatic N) is 1. The molecule has 10 heteroatoms. The zero-order valence-electron chi connectivity index (χ0n) is 13.2. The summed E-state index contributed by atoms with van der Waals surface area (Å²) in [6.07, 6.45) is 0.254. The molecule has 0 saturated carbocycles. The lowest BCUT2D eigenvalue weighted by atomic mass is 10.3. The molecular weight excluding hydrogens is 491 g/mol. The molecule has 0 heterocycles. The molecule has 0 aliphatic carbocycles. The molecule has 1 rings (SSSR count). The zero-order chi connectivity index (χ0) is 17.2. The Kier molecular flexibility index (Phi) is 12.3. The number of halogens is 4. The molecule has 0 bridgehead atoms. The number of hydrogen-bond donors (Lipinski definition) is 2. The number of hydrogen-bond acceptors (Lipinski definition) is 4. The van der Waals surface area contributed by atoms with Crippen LogP contribution in [0.5, 0.6) is 5.75 Å². The van der Waals surface area contributed by atoms with E-state index < -0.39 is 0 Å². The first-order valence-electron chi connectivity index (χ1n) is 6.76. The van der Waals surface area contributed by atoms with Gasteiger partial charge < -0.3 is 20.1 Å². The number of esters is 1. The molecule has 24 heavy (non-hydrogen) atoms. The van der Waals surface area contributed by atoms with Crippen LogP contribution in [0.25, 0.3) is 0 Å². The van der Waals surface area contributed by atoms with Gasteiger partial charge >= 0.3 is 5.97 Å². The molecule has 2 N–H and O–H groups in total. The molecule has 1 aromatic rings. The Hall–Kier alpha value is -0.640. The third-order valence-corrected chi connectivity index (χ3v) is 3.46. The number of benzene rings is 1. The highest BCUT2D eigenvalue weighted by Crippen LogP contribution is 2.35. The van der Waals surface area contributed by atoms with Crippen molar-refractivity contribution in [1.29, 1.82) is 0 Å². The van der Waals surface area contributed by atoms with Gasteiger partial charge in [-0.2, -0.15) is 0 Å². The fourth-order valence-corrected chi connectivity index (χ4v) is 2.52. The molecule has 1 aromatic carbocycles. The van der Waals surface area contributed by atoms with Gasteiger partial charge in [-0.1, -0.05) is 34.8 Å². The van der Waals surface area contributed by atoms with Gasteiger partial charge in [-0.05, 0) is 12.1 Å². The van der Waals surface area contributed by atoms with E-state index in [9.17, 15) is 4.79 Å². The molecule has 6 nitrogen and oxygen atoms in total. The number of rotatable bonds is 7. The van der Waals surface area contributed by atoms with Crippen LogP contribution in [-0.4, -0.2) is 45.8 Å². The molecular formula is C14H19Cl3IN3O3. The third kappa shape index (κ3) is 8.46. The monoisotopic (exact) mass is 509 g/mol. The van der Waals surface area contributed by atoms with Gasteiger partial charge in [-0.3, -0.25) is 9.79 Å². The van der Waals surface area contributed by atoms with Crippen molar-refractivity contribution in [2.24, 2.45) is 4.99 Å². The lowest BCUT2D eigenvalue weighted by Gasteiger charge is -2.13. The molecule has 0 spiro atoms. The van der Waals surface area contributed by atoms with Gasteiger partial charge in [0.15, 0.2) is 11.7 Å². The minimum atomic E-state index is -0.289. The predicted octanol–water partition coefficient (Wildman–Crippen LogP) is 3.37. The molecule has 0 aliphatic rings. The number of carbonyl (C=O) groups is 1. The Labute approximate surface area is 173 Å². The third-order valence-electron chi connectivity index (χ3n) is 2.68. The van der Waals surface area contributed by atoms with E-state index in [1.54, 1.807) is 19.2 Å². The highest BCUT2D eigenvalue weighted by molar-refractivity contribution is 14.0. The van der Waals surface area contributed by atoms with Crippen LogP contribution in [0.1, 0.15) is 6.42 Å². The first-order valence-corrected chi connectivity index (χ1v) is 7.90. The zero-order valence-corrected chi connectivity index (χ0v) is 17.8. The molecule has 0 unspecified atom stereocenters. The number of aliphatic imine (C=N–C) groups is 1. The number of guanidine groups is 1. The van der Waals surface area contributed by atoms with E-state index >= 15 is 0 Å². The number of methoxy groups -OCH3 is 1. The van der Waals surface area contributed by atoms with Gasteiger partial charge in [0, 0.05) is 18.6 Å². The fraction of sp³-hybridized carbons (Fsp3) is 0.429. The van der Waals surface area contributed by atoms with Crippen molar-refractivity contribution in [2.75, 3.05) is 33.9 Å². The molecule has 136 valence electrons. The predicted molar refractivity (Wildman–Crippen MR) is 108 cm³/mol. The Morgan fingerprint density at radius 1 is 1.17 bits per heavy atom. The summed E-state index contributed by atoms with van der Waals surface area (Å²) in [6, 6.07) is 3.12. The van der Waals surface area contributed by atoms with E-state index in [-0.39, 0.29) is 36.4 Å². The first kappa shape index (κ1) is 23.4. The second kappa shape index (κ2) is 12.7. The van der Waals surface area contributed by atoms with Crippen LogP contribution in [0.4, 0.5) is 0 Å². The molecule has 0 atom stereocenters. The van der Waals surface area contributed by atoms with Crippen LogP contribution in [-0.2, 0) is 9.53 Å². The SMILES string of the molecule is CN=C(NCCOc1c(Cl)cc(Cl)cc1Cl)NCCC(=O)OC.I. The van der Waals surface area contributed by atoms with Crippen LogP contribution in [0.15, 0.2) is 17.1 Å². The highest BCUT2D eigenvalue weighted by Gasteiger charge is 2.09. The second-order valence-electron chi connectivity index (χ2n) is 4.30. The van der Waals surface area contributed by atoms with Gasteiger partial charge in [-0.15, -0.1) is 24.0 Å². The van der Waals surface area contributed by atoms with Crippen molar-refractivity contribution in [3.8, 4) is 5.75 Å². The topological polar surface area (TPSA) is 72.0 Å². The number of ether oxygens (including phenoxy) is 2. The number of carbonyl (C=O) groups excluding carboxylic acids is 1. The maximum atomic E-state index is 11.0. The van der Waals surface area contributed by atoms with Crippen molar-refractivity contribution in [3.63, 3.8) is 0 Å². The van der Waals surface area contributed by atoms with Crippen LogP contribution in [0.3, 0.4) is 0 Å². The standard InChI is InChI=1S/C14H18Cl3N3O3.HI/c1-18-14(19-4-3-12(21)22-2)20-5-6-23-13-10(16)7-9(15)8-11(13)17;/h7-8H,3-6H2,1-2H3,(H2,18,19,20);1H. The van der Waals surface area contributed by atoms with E-state index in [0.717, 1.165) is 0 Å². The highest BCUT2D eigenvalue weighted by atomic mass is 127. The second-order valence-corrected chi connectivity index (χ2v) is 5.55. The summed E-state index contributed by atoms with van der Waals surface area (Å²) in [6.45, 7) is 1.20. The summed E-state index contributed by atoms with van der Waals surface area (Å²) in [4.78, 5) is 15.0. The first-order chi connectivity index (χ1) is 11.0. The van der Waals surface area contributed by atoms with Gasteiger partial charge in [0.05, 0.1) is 30.1 Å². The molecule has 0 amide bonds. The Balaban J connectivity index is 0.00000529. The van der Waals surface area contributed by atoms with Gasteiger partial charge in [0.1, 0.15) is 6.61 Å². The molecule has 0 fully saturated rings.